The summed E-state index contributed by atoms with van der Waals surface area (Å²) in [5.41, 5.74) is 10.6. The predicted octanol–water partition coefficient (Wildman–Crippen LogP) is 4.36. The number of nitrogens with two attached hydrogens (primary N) is 1. The molecule has 0 saturated heterocycles. The fraction of sp³-hybridized carbons (Fsp3) is 0.154. The first-order chi connectivity index (χ1) is 9.24. The van der Waals surface area contributed by atoms with Crippen LogP contribution in [0.1, 0.15) is 4.88 Å². The van der Waals surface area contributed by atoms with Crippen molar-refractivity contribution in [3.63, 3.8) is 0 Å². The zero-order chi connectivity index (χ0) is 13.2. The fourth-order valence-corrected chi connectivity index (χ4v) is 4.09. The van der Waals surface area contributed by atoms with Crippen LogP contribution in [0.25, 0.3) is 10.2 Å². The Morgan fingerprint density at radius 1 is 1.26 bits per heavy atom. The molecule has 98 valence electrons. The van der Waals surface area contributed by atoms with Crippen LogP contribution in [0.4, 0.5) is 11.4 Å². The number of nitrogens with zero attached hydrogens (tertiary/aromatic N) is 1. The molecule has 0 aliphatic heterocycles. The first kappa shape index (κ1) is 12.9. The summed E-state index contributed by atoms with van der Waals surface area (Å²) in [7, 11) is 0. The van der Waals surface area contributed by atoms with E-state index in [0.717, 1.165) is 34.6 Å². The Morgan fingerprint density at radius 2 is 2.16 bits per heavy atom. The number of benzene rings is 1. The van der Waals surface area contributed by atoms with Crippen LogP contribution in [0.5, 0.6) is 0 Å². The van der Waals surface area contributed by atoms with E-state index in [0.29, 0.717) is 0 Å². The van der Waals surface area contributed by atoms with Crippen molar-refractivity contribution in [3.05, 3.63) is 38.4 Å². The Balaban J connectivity index is 1.69. The van der Waals surface area contributed by atoms with Crippen LogP contribution in [0.3, 0.4) is 0 Å². The van der Waals surface area contributed by atoms with Gasteiger partial charge in [0.25, 0.3) is 0 Å². The molecule has 0 radical (unpaired) electrons. The van der Waals surface area contributed by atoms with Gasteiger partial charge in [-0.05, 0) is 46.6 Å². The van der Waals surface area contributed by atoms with Gasteiger partial charge in [0.2, 0.25) is 0 Å². The molecule has 3 nitrogen and oxygen atoms in total. The SMILES string of the molecule is Nc1c(NCCc2ccc(Br)s2)ccc2scnc12. The van der Waals surface area contributed by atoms with Crippen LogP contribution in [0.2, 0.25) is 0 Å². The summed E-state index contributed by atoms with van der Waals surface area (Å²) in [6.45, 7) is 0.868. The van der Waals surface area contributed by atoms with Gasteiger partial charge in [-0.15, -0.1) is 22.7 Å². The minimum absolute atomic E-state index is 0.742. The summed E-state index contributed by atoms with van der Waals surface area (Å²) in [6.07, 6.45) is 0.991. The number of aromatic nitrogens is 1. The van der Waals surface area contributed by atoms with E-state index >= 15 is 0 Å². The minimum Gasteiger partial charge on any atom is -0.395 e. The van der Waals surface area contributed by atoms with Gasteiger partial charge >= 0.3 is 0 Å². The van der Waals surface area contributed by atoms with Gasteiger partial charge in [-0.1, -0.05) is 0 Å². The Labute approximate surface area is 127 Å². The quantitative estimate of drug-likeness (QED) is 0.685. The van der Waals surface area contributed by atoms with Crippen molar-refractivity contribution in [3.8, 4) is 0 Å². The van der Waals surface area contributed by atoms with E-state index in [4.69, 9.17) is 5.73 Å². The van der Waals surface area contributed by atoms with Crippen molar-refractivity contribution < 1.29 is 0 Å². The average molecular weight is 354 g/mol. The number of thiophene rings is 1. The molecule has 1 aromatic carbocycles. The number of nitrogens with one attached hydrogen (secondary N) is 1. The molecule has 0 saturated carbocycles. The van der Waals surface area contributed by atoms with Crippen molar-refractivity contribution in [1.29, 1.82) is 0 Å². The normalized spacial score (nSPS) is 11.0. The Morgan fingerprint density at radius 3 is 2.95 bits per heavy atom. The van der Waals surface area contributed by atoms with Gasteiger partial charge in [-0.3, -0.25) is 0 Å². The van der Waals surface area contributed by atoms with Gasteiger partial charge in [-0.2, -0.15) is 0 Å². The highest BCUT2D eigenvalue weighted by Crippen LogP contribution is 2.30. The first-order valence-corrected chi connectivity index (χ1v) is 8.33. The highest BCUT2D eigenvalue weighted by atomic mass is 79.9. The maximum Gasteiger partial charge on any atom is 0.106 e. The summed E-state index contributed by atoms with van der Waals surface area (Å²) in [5.74, 6) is 0. The topological polar surface area (TPSA) is 50.9 Å². The van der Waals surface area contributed by atoms with Gasteiger partial charge in [0, 0.05) is 11.4 Å². The van der Waals surface area contributed by atoms with E-state index in [1.807, 2.05) is 11.6 Å². The fourth-order valence-electron chi connectivity index (χ4n) is 1.91. The molecule has 0 spiro atoms. The molecule has 0 unspecified atom stereocenters. The maximum atomic E-state index is 6.12. The summed E-state index contributed by atoms with van der Waals surface area (Å²) < 4.78 is 2.30. The molecular weight excluding hydrogens is 342 g/mol. The van der Waals surface area contributed by atoms with Crippen molar-refractivity contribution in [1.82, 2.24) is 4.98 Å². The van der Waals surface area contributed by atoms with Crippen LogP contribution in [-0.2, 0) is 6.42 Å². The van der Waals surface area contributed by atoms with E-state index in [1.54, 1.807) is 22.7 Å². The van der Waals surface area contributed by atoms with E-state index < -0.39 is 0 Å². The zero-order valence-corrected chi connectivity index (χ0v) is 13.2. The number of fused-ring (bicyclic) bond motifs is 1. The molecular formula is C13H12BrN3S2. The lowest BCUT2D eigenvalue weighted by molar-refractivity contribution is 1.05. The largest absolute Gasteiger partial charge is 0.395 e. The van der Waals surface area contributed by atoms with E-state index in [1.165, 1.54) is 8.66 Å². The lowest BCUT2D eigenvalue weighted by Gasteiger charge is -2.08. The number of anilines is 2. The van der Waals surface area contributed by atoms with E-state index in [2.05, 4.69) is 44.4 Å². The van der Waals surface area contributed by atoms with E-state index in [-0.39, 0.29) is 0 Å². The summed E-state index contributed by atoms with van der Waals surface area (Å²) >= 11 is 6.85. The number of hydrogen-bond donors (Lipinski definition) is 2. The summed E-state index contributed by atoms with van der Waals surface area (Å²) in [6, 6.07) is 8.31. The Hall–Kier alpha value is -1.11. The molecule has 3 rings (SSSR count). The van der Waals surface area contributed by atoms with Crippen molar-refractivity contribution >= 4 is 60.2 Å². The Bertz CT molecular complexity index is 705. The molecule has 6 heteroatoms. The second-order valence-corrected chi connectivity index (χ2v) is 7.54. The number of halogens is 1. The second-order valence-electron chi connectivity index (χ2n) is 4.11. The van der Waals surface area contributed by atoms with Crippen LogP contribution >= 0.6 is 38.6 Å². The molecule has 0 bridgehead atoms. The molecule has 2 heterocycles. The minimum atomic E-state index is 0.742. The standard InChI is InChI=1S/C13H12BrN3S2/c14-11-4-1-8(19-11)5-6-16-9-2-3-10-13(12(9)15)17-7-18-10/h1-4,7,16H,5-6,15H2. The van der Waals surface area contributed by atoms with Gasteiger partial charge in [0.1, 0.15) is 5.52 Å². The van der Waals surface area contributed by atoms with Crippen molar-refractivity contribution in [2.24, 2.45) is 0 Å². The Kier molecular flexibility index (Phi) is 3.72. The first-order valence-electron chi connectivity index (χ1n) is 5.84. The zero-order valence-electron chi connectivity index (χ0n) is 10.0. The van der Waals surface area contributed by atoms with Crippen molar-refractivity contribution in [2.75, 3.05) is 17.6 Å². The van der Waals surface area contributed by atoms with Gasteiger partial charge < -0.3 is 11.1 Å². The summed E-state index contributed by atoms with van der Waals surface area (Å²) in [4.78, 5) is 5.65. The molecule has 0 aliphatic carbocycles. The molecule has 0 aliphatic rings. The number of hydrogen-bond acceptors (Lipinski definition) is 5. The second kappa shape index (κ2) is 5.48. The monoisotopic (exact) mass is 353 g/mol. The molecule has 19 heavy (non-hydrogen) atoms. The number of rotatable bonds is 4. The van der Waals surface area contributed by atoms with E-state index in [9.17, 15) is 0 Å². The van der Waals surface area contributed by atoms with Crippen LogP contribution in [0, 0.1) is 0 Å². The molecule has 3 N–H and O–H groups in total. The smallest absolute Gasteiger partial charge is 0.106 e. The molecule has 2 aromatic heterocycles. The van der Waals surface area contributed by atoms with Gasteiger partial charge in [-0.25, -0.2) is 4.98 Å². The molecule has 0 amide bonds. The van der Waals surface area contributed by atoms with Crippen LogP contribution in [0.15, 0.2) is 33.6 Å². The van der Waals surface area contributed by atoms with Gasteiger partial charge in [0.15, 0.2) is 0 Å². The predicted molar refractivity (Wildman–Crippen MR) is 88.2 cm³/mol. The third-order valence-corrected chi connectivity index (χ3v) is 5.33. The number of nitrogen functional groups attached to an aromatic ring is 1. The third kappa shape index (κ3) is 2.75. The molecule has 3 aromatic rings. The van der Waals surface area contributed by atoms with Crippen LogP contribution < -0.4 is 11.1 Å². The number of thiazole rings is 1. The third-order valence-electron chi connectivity index (χ3n) is 2.86. The lowest BCUT2D eigenvalue weighted by atomic mass is 10.2. The molecule has 0 fully saturated rings. The highest BCUT2D eigenvalue weighted by molar-refractivity contribution is 9.11. The van der Waals surface area contributed by atoms with Crippen molar-refractivity contribution in [2.45, 2.75) is 6.42 Å². The maximum absolute atomic E-state index is 6.12. The van der Waals surface area contributed by atoms with Gasteiger partial charge in [0.05, 0.1) is 25.4 Å². The average Bonchev–Trinajstić information content (AvgIpc) is 3.01. The molecule has 0 atom stereocenters. The summed E-state index contributed by atoms with van der Waals surface area (Å²) in [5, 5.41) is 3.38. The van der Waals surface area contributed by atoms with Crippen LogP contribution in [-0.4, -0.2) is 11.5 Å². The lowest BCUT2D eigenvalue weighted by Crippen LogP contribution is -2.06. The highest BCUT2D eigenvalue weighted by Gasteiger charge is 2.06.